The fourth-order valence-electron chi connectivity index (χ4n) is 2.73. The average molecular weight is 317 g/mol. The lowest BCUT2D eigenvalue weighted by Gasteiger charge is -2.07. The summed E-state index contributed by atoms with van der Waals surface area (Å²) in [5, 5.41) is 13.0. The maximum atomic E-state index is 12.5. The Labute approximate surface area is 141 Å². The zero-order valence-electron chi connectivity index (χ0n) is 13.6. The van der Waals surface area contributed by atoms with Gasteiger partial charge in [0.2, 0.25) is 0 Å². The SMILES string of the molecule is CCCCc1ccc(NC(=O)c2cc(C#N)c3cc[nH]c3c2)cc1. The molecule has 0 saturated heterocycles. The van der Waals surface area contributed by atoms with Gasteiger partial charge >= 0.3 is 0 Å². The Morgan fingerprint density at radius 3 is 2.71 bits per heavy atom. The van der Waals surface area contributed by atoms with E-state index < -0.39 is 0 Å². The van der Waals surface area contributed by atoms with Crippen LogP contribution < -0.4 is 5.32 Å². The van der Waals surface area contributed by atoms with Gasteiger partial charge in [-0.25, -0.2) is 0 Å². The smallest absolute Gasteiger partial charge is 0.255 e. The van der Waals surface area contributed by atoms with Crippen molar-refractivity contribution in [2.75, 3.05) is 5.32 Å². The minimum absolute atomic E-state index is 0.218. The van der Waals surface area contributed by atoms with E-state index in [4.69, 9.17) is 0 Å². The Morgan fingerprint density at radius 2 is 2.00 bits per heavy atom. The van der Waals surface area contributed by atoms with Gasteiger partial charge in [-0.1, -0.05) is 25.5 Å². The Balaban J connectivity index is 1.78. The molecule has 2 N–H and O–H groups in total. The van der Waals surface area contributed by atoms with Gasteiger partial charge in [0.1, 0.15) is 0 Å². The normalized spacial score (nSPS) is 10.5. The Kier molecular flexibility index (Phi) is 4.62. The van der Waals surface area contributed by atoms with Crippen molar-refractivity contribution < 1.29 is 4.79 Å². The first kappa shape index (κ1) is 15.8. The standard InChI is InChI=1S/C20H19N3O/c1-2-3-4-14-5-7-17(8-6-14)23-20(24)15-11-16(13-21)18-9-10-22-19(18)12-15/h5-12,22H,2-4H2,1H3,(H,23,24). The number of nitrogens with one attached hydrogen (secondary N) is 2. The van der Waals surface area contributed by atoms with Crippen LogP contribution in [0, 0.1) is 11.3 Å². The van der Waals surface area contributed by atoms with Crippen molar-refractivity contribution in [3.8, 4) is 6.07 Å². The molecule has 0 radical (unpaired) electrons. The molecule has 3 aromatic rings. The van der Waals surface area contributed by atoms with Crippen LogP contribution in [0.2, 0.25) is 0 Å². The number of nitrogens with zero attached hydrogens (tertiary/aromatic N) is 1. The number of fused-ring (bicyclic) bond motifs is 1. The minimum atomic E-state index is -0.218. The predicted molar refractivity (Wildman–Crippen MR) is 96.0 cm³/mol. The van der Waals surface area contributed by atoms with Gasteiger partial charge < -0.3 is 10.3 Å². The molecule has 24 heavy (non-hydrogen) atoms. The van der Waals surface area contributed by atoms with Crippen LogP contribution >= 0.6 is 0 Å². The number of aromatic nitrogens is 1. The lowest BCUT2D eigenvalue weighted by Crippen LogP contribution is -2.12. The Hall–Kier alpha value is -3.06. The highest BCUT2D eigenvalue weighted by Gasteiger charge is 2.11. The van der Waals surface area contributed by atoms with Crippen LogP contribution in [-0.4, -0.2) is 10.9 Å². The lowest BCUT2D eigenvalue weighted by atomic mass is 10.1. The summed E-state index contributed by atoms with van der Waals surface area (Å²) < 4.78 is 0. The van der Waals surface area contributed by atoms with Crippen LogP contribution in [0.15, 0.2) is 48.7 Å². The van der Waals surface area contributed by atoms with Gasteiger partial charge in [0.15, 0.2) is 0 Å². The van der Waals surface area contributed by atoms with Crippen LogP contribution in [-0.2, 0) is 6.42 Å². The first-order chi connectivity index (χ1) is 11.7. The van der Waals surface area contributed by atoms with Crippen molar-refractivity contribution in [3.05, 3.63) is 65.4 Å². The van der Waals surface area contributed by atoms with Gasteiger partial charge in [-0.2, -0.15) is 5.26 Å². The molecule has 0 saturated carbocycles. The number of rotatable bonds is 5. The molecule has 0 aliphatic carbocycles. The van der Waals surface area contributed by atoms with E-state index in [-0.39, 0.29) is 5.91 Å². The molecular weight excluding hydrogens is 298 g/mol. The van der Waals surface area contributed by atoms with E-state index in [0.717, 1.165) is 23.0 Å². The number of H-pyrrole nitrogens is 1. The summed E-state index contributed by atoms with van der Waals surface area (Å²) >= 11 is 0. The quantitative estimate of drug-likeness (QED) is 0.720. The third kappa shape index (κ3) is 3.31. The van der Waals surface area contributed by atoms with E-state index in [1.54, 1.807) is 18.3 Å². The van der Waals surface area contributed by atoms with Crippen molar-refractivity contribution in [1.82, 2.24) is 4.98 Å². The van der Waals surface area contributed by atoms with Gasteiger partial charge in [0, 0.05) is 28.4 Å². The summed E-state index contributed by atoms with van der Waals surface area (Å²) in [6.07, 6.45) is 5.15. The Morgan fingerprint density at radius 1 is 1.21 bits per heavy atom. The first-order valence-corrected chi connectivity index (χ1v) is 8.13. The number of nitriles is 1. The van der Waals surface area contributed by atoms with Gasteiger partial charge in [0.25, 0.3) is 5.91 Å². The third-order valence-corrected chi connectivity index (χ3v) is 4.08. The van der Waals surface area contributed by atoms with E-state index >= 15 is 0 Å². The summed E-state index contributed by atoms with van der Waals surface area (Å²) in [6, 6.07) is 15.3. The third-order valence-electron chi connectivity index (χ3n) is 4.08. The number of hydrogen-bond donors (Lipinski definition) is 2. The molecule has 4 nitrogen and oxygen atoms in total. The number of amides is 1. The van der Waals surface area contributed by atoms with Crippen molar-refractivity contribution in [2.45, 2.75) is 26.2 Å². The highest BCUT2D eigenvalue weighted by molar-refractivity contribution is 6.07. The maximum absolute atomic E-state index is 12.5. The largest absolute Gasteiger partial charge is 0.361 e. The molecule has 0 atom stereocenters. The maximum Gasteiger partial charge on any atom is 0.255 e. The molecule has 0 bridgehead atoms. The first-order valence-electron chi connectivity index (χ1n) is 8.13. The number of hydrogen-bond acceptors (Lipinski definition) is 2. The average Bonchev–Trinajstić information content (AvgIpc) is 3.09. The second-order valence-electron chi connectivity index (χ2n) is 5.83. The van der Waals surface area contributed by atoms with E-state index in [0.29, 0.717) is 11.1 Å². The zero-order valence-corrected chi connectivity index (χ0v) is 13.6. The van der Waals surface area contributed by atoms with Gasteiger partial charge in [0.05, 0.1) is 11.6 Å². The van der Waals surface area contributed by atoms with Crippen molar-refractivity contribution >= 4 is 22.5 Å². The number of benzene rings is 2. The molecule has 0 unspecified atom stereocenters. The molecule has 3 rings (SSSR count). The molecule has 1 aromatic heterocycles. The molecule has 0 aliphatic heterocycles. The molecule has 1 amide bonds. The second kappa shape index (κ2) is 7.01. The number of aryl methyl sites for hydroxylation is 1. The van der Waals surface area contributed by atoms with Crippen LogP contribution in [0.4, 0.5) is 5.69 Å². The molecular formula is C20H19N3O. The number of unbranched alkanes of at least 4 members (excludes halogenated alkanes) is 1. The zero-order chi connectivity index (χ0) is 16.9. The highest BCUT2D eigenvalue weighted by Crippen LogP contribution is 2.21. The molecule has 0 fully saturated rings. The minimum Gasteiger partial charge on any atom is -0.361 e. The van der Waals surface area contributed by atoms with E-state index in [1.165, 1.54) is 18.4 Å². The van der Waals surface area contributed by atoms with Gasteiger partial charge in [-0.15, -0.1) is 0 Å². The van der Waals surface area contributed by atoms with Crippen molar-refractivity contribution in [1.29, 1.82) is 5.26 Å². The monoisotopic (exact) mass is 317 g/mol. The second-order valence-corrected chi connectivity index (χ2v) is 5.83. The van der Waals surface area contributed by atoms with Gasteiger partial charge in [-0.05, 0) is 48.7 Å². The predicted octanol–water partition coefficient (Wildman–Crippen LogP) is 4.63. The van der Waals surface area contributed by atoms with E-state index in [2.05, 4.69) is 23.3 Å². The van der Waals surface area contributed by atoms with Gasteiger partial charge in [-0.3, -0.25) is 4.79 Å². The van der Waals surface area contributed by atoms with Crippen molar-refractivity contribution in [3.63, 3.8) is 0 Å². The van der Waals surface area contributed by atoms with Crippen molar-refractivity contribution in [2.24, 2.45) is 0 Å². The summed E-state index contributed by atoms with van der Waals surface area (Å²) in [6.45, 7) is 2.17. The fraction of sp³-hybridized carbons (Fsp3) is 0.200. The number of aromatic amines is 1. The fourth-order valence-corrected chi connectivity index (χ4v) is 2.73. The molecule has 0 spiro atoms. The molecule has 0 aliphatic rings. The molecule has 120 valence electrons. The molecule has 1 heterocycles. The topological polar surface area (TPSA) is 68.7 Å². The van der Waals surface area contributed by atoms with Crippen LogP contribution in [0.3, 0.4) is 0 Å². The summed E-state index contributed by atoms with van der Waals surface area (Å²) in [4.78, 5) is 15.5. The lowest BCUT2D eigenvalue weighted by molar-refractivity contribution is 0.102. The summed E-state index contributed by atoms with van der Waals surface area (Å²) in [5.74, 6) is -0.218. The van der Waals surface area contributed by atoms with E-state index in [1.807, 2.05) is 30.3 Å². The highest BCUT2D eigenvalue weighted by atomic mass is 16.1. The molecule has 2 aromatic carbocycles. The number of anilines is 1. The van der Waals surface area contributed by atoms with Crippen LogP contribution in [0.5, 0.6) is 0 Å². The van der Waals surface area contributed by atoms with Crippen LogP contribution in [0.25, 0.3) is 10.9 Å². The summed E-state index contributed by atoms with van der Waals surface area (Å²) in [5.41, 5.74) is 3.78. The number of carbonyl (C=O) groups excluding carboxylic acids is 1. The molecule has 4 heteroatoms. The van der Waals surface area contributed by atoms with E-state index in [9.17, 15) is 10.1 Å². The summed E-state index contributed by atoms with van der Waals surface area (Å²) in [7, 11) is 0. The Bertz CT molecular complexity index is 901. The number of carbonyl (C=O) groups is 1. The van der Waals surface area contributed by atoms with Crippen LogP contribution in [0.1, 0.15) is 41.3 Å².